The third-order valence-corrected chi connectivity index (χ3v) is 6.42. The summed E-state index contributed by atoms with van der Waals surface area (Å²) in [4.78, 5) is 51.8. The van der Waals surface area contributed by atoms with Crippen molar-refractivity contribution in [1.29, 1.82) is 0 Å². The van der Waals surface area contributed by atoms with Crippen LogP contribution >= 0.6 is 0 Å². The molecule has 206 valence electrons. The molecule has 0 aromatic heterocycles. The Balaban J connectivity index is 2.32. The van der Waals surface area contributed by atoms with Gasteiger partial charge < -0.3 is 30.0 Å². The lowest BCUT2D eigenvalue weighted by Crippen LogP contribution is -2.50. The van der Waals surface area contributed by atoms with Gasteiger partial charge in [0.05, 0.1) is 17.2 Å². The molecule has 2 rings (SSSR count). The molecule has 0 unspecified atom stereocenters. The highest BCUT2D eigenvalue weighted by Gasteiger charge is 2.43. The minimum Gasteiger partial charge on any atom is -0.505 e. The molecule has 1 amide bonds. The molecule has 0 bridgehead atoms. The fourth-order valence-electron chi connectivity index (χ4n) is 4.30. The van der Waals surface area contributed by atoms with E-state index < -0.39 is 54.1 Å². The molecule has 37 heavy (non-hydrogen) atoms. The Morgan fingerprint density at radius 2 is 1.70 bits per heavy atom. The van der Waals surface area contributed by atoms with Crippen LogP contribution in [0, 0.1) is 5.92 Å². The number of esters is 3. The number of carbonyl (C=O) groups excluding carboxylic acids is 4. The molecule has 0 aliphatic carbocycles. The molecule has 1 fully saturated rings. The Bertz CT molecular complexity index is 950. The van der Waals surface area contributed by atoms with Gasteiger partial charge in [-0.1, -0.05) is 45.6 Å². The number of phenols is 1. The van der Waals surface area contributed by atoms with Gasteiger partial charge in [0, 0.05) is 13.5 Å². The van der Waals surface area contributed by atoms with Gasteiger partial charge in [-0.3, -0.25) is 14.4 Å². The number of benzene rings is 1. The zero-order valence-corrected chi connectivity index (χ0v) is 22.4. The quantitative estimate of drug-likeness (QED) is 0.172. The van der Waals surface area contributed by atoms with Gasteiger partial charge in [0.2, 0.25) is 0 Å². The van der Waals surface area contributed by atoms with Crippen LogP contribution in [-0.2, 0) is 28.6 Å². The van der Waals surface area contributed by atoms with E-state index in [1.165, 1.54) is 13.0 Å². The number of unbranched alkanes of at least 4 members (excludes halogenated alkanes) is 3. The molecule has 1 aliphatic heterocycles. The molecule has 1 heterocycles. The van der Waals surface area contributed by atoms with Crippen molar-refractivity contribution in [3.63, 3.8) is 0 Å². The van der Waals surface area contributed by atoms with Gasteiger partial charge in [-0.2, -0.15) is 0 Å². The molecule has 1 aromatic carbocycles. The van der Waals surface area contributed by atoms with Crippen molar-refractivity contribution in [2.45, 2.75) is 97.0 Å². The molecule has 1 saturated heterocycles. The van der Waals surface area contributed by atoms with Gasteiger partial charge in [-0.15, -0.1) is 0 Å². The van der Waals surface area contributed by atoms with Crippen LogP contribution in [0.15, 0.2) is 18.2 Å². The third-order valence-electron chi connectivity index (χ3n) is 6.42. The maximum absolute atomic E-state index is 13.3. The van der Waals surface area contributed by atoms with Crippen LogP contribution in [0.5, 0.6) is 5.75 Å². The topological polar surface area (TPSA) is 140 Å². The first-order valence-corrected chi connectivity index (χ1v) is 13.1. The summed E-state index contributed by atoms with van der Waals surface area (Å²) < 4.78 is 16.9. The van der Waals surface area contributed by atoms with Gasteiger partial charge >= 0.3 is 17.9 Å². The normalized spacial score (nSPS) is 24.1. The van der Waals surface area contributed by atoms with Crippen molar-refractivity contribution in [3.05, 3.63) is 23.8 Å². The van der Waals surface area contributed by atoms with Crippen LogP contribution in [-0.4, -0.2) is 60.3 Å². The van der Waals surface area contributed by atoms with E-state index >= 15 is 0 Å². The SMILES string of the molecule is CCCCCC[C@H]1C(=O)O[C@H](C)[C@H](NC(=O)c2cccc(NC)c2O)C(=O)O[C@@H](C)[C@@H]1OC(=O)CCC. The third kappa shape index (κ3) is 8.10. The Morgan fingerprint density at radius 3 is 2.35 bits per heavy atom. The Labute approximate surface area is 218 Å². The van der Waals surface area contributed by atoms with E-state index in [9.17, 15) is 24.3 Å². The van der Waals surface area contributed by atoms with Crippen LogP contribution in [0.25, 0.3) is 0 Å². The first-order chi connectivity index (χ1) is 17.6. The number of amides is 1. The predicted molar refractivity (Wildman–Crippen MR) is 137 cm³/mol. The molecule has 1 aliphatic rings. The van der Waals surface area contributed by atoms with E-state index in [-0.39, 0.29) is 17.7 Å². The van der Waals surface area contributed by atoms with Gasteiger partial charge in [-0.25, -0.2) is 4.79 Å². The molecule has 0 spiro atoms. The number of anilines is 1. The molecule has 3 N–H and O–H groups in total. The van der Waals surface area contributed by atoms with Crippen LogP contribution in [0.3, 0.4) is 0 Å². The molecular formula is C27H40N2O8. The van der Waals surface area contributed by atoms with Crippen molar-refractivity contribution in [1.82, 2.24) is 5.32 Å². The highest BCUT2D eigenvalue weighted by atomic mass is 16.6. The van der Waals surface area contributed by atoms with Crippen LogP contribution in [0.2, 0.25) is 0 Å². The summed E-state index contributed by atoms with van der Waals surface area (Å²) in [6.45, 7) is 6.96. The number of rotatable bonds is 11. The Morgan fingerprint density at radius 1 is 1.00 bits per heavy atom. The molecule has 1 aromatic rings. The Kier molecular flexibility index (Phi) is 11.7. The van der Waals surface area contributed by atoms with Crippen molar-refractivity contribution in [3.8, 4) is 5.75 Å². The fourth-order valence-corrected chi connectivity index (χ4v) is 4.30. The maximum Gasteiger partial charge on any atom is 0.332 e. The largest absolute Gasteiger partial charge is 0.505 e. The minimum atomic E-state index is -1.35. The lowest BCUT2D eigenvalue weighted by Gasteiger charge is -2.29. The Hall–Kier alpha value is -3.30. The van der Waals surface area contributed by atoms with Crippen molar-refractivity contribution in [2.75, 3.05) is 12.4 Å². The van der Waals surface area contributed by atoms with E-state index in [4.69, 9.17) is 14.2 Å². The van der Waals surface area contributed by atoms with E-state index in [0.29, 0.717) is 24.9 Å². The maximum atomic E-state index is 13.3. The zero-order chi connectivity index (χ0) is 27.5. The van der Waals surface area contributed by atoms with E-state index in [1.54, 1.807) is 26.1 Å². The summed E-state index contributed by atoms with van der Waals surface area (Å²) in [6.07, 6.45) is 1.71. The number of hydrogen-bond acceptors (Lipinski definition) is 9. The summed E-state index contributed by atoms with van der Waals surface area (Å²) in [6, 6.07) is 3.22. The number of carbonyl (C=O) groups is 4. The van der Waals surface area contributed by atoms with Gasteiger partial charge in [0.1, 0.15) is 12.2 Å². The summed E-state index contributed by atoms with van der Waals surface area (Å²) in [5.41, 5.74) is 0.270. The lowest BCUT2D eigenvalue weighted by molar-refractivity contribution is -0.175. The zero-order valence-electron chi connectivity index (χ0n) is 22.4. The number of ether oxygens (including phenoxy) is 3. The number of para-hydroxylation sites is 1. The monoisotopic (exact) mass is 520 g/mol. The molecule has 10 heteroatoms. The summed E-state index contributed by atoms with van der Waals surface area (Å²) in [7, 11) is 1.59. The van der Waals surface area contributed by atoms with Crippen molar-refractivity contribution in [2.24, 2.45) is 5.92 Å². The number of phenolic OH excluding ortho intramolecular Hbond substituents is 1. The average molecular weight is 521 g/mol. The standard InChI is InChI=1S/C27H40N2O8/c1-6-8-9-10-13-19-24(37-21(30)12-7-2)17(4)36-27(34)22(16(3)35-26(19)33)29-25(32)18-14-11-15-20(28-5)23(18)31/h11,14-17,19,22,24,28,31H,6-10,12-13H2,1-5H3,(H,29,32)/t16-,17+,19-,22+,24+/m1/s1. The van der Waals surface area contributed by atoms with Crippen molar-refractivity contribution < 1.29 is 38.5 Å². The number of nitrogens with one attached hydrogen (secondary N) is 2. The van der Waals surface area contributed by atoms with Gasteiger partial charge in [0.25, 0.3) is 5.91 Å². The van der Waals surface area contributed by atoms with E-state index in [1.807, 2.05) is 6.92 Å². The average Bonchev–Trinajstić information content (AvgIpc) is 2.88. The summed E-state index contributed by atoms with van der Waals surface area (Å²) in [5.74, 6) is -3.80. The second-order valence-electron chi connectivity index (χ2n) is 9.35. The number of aromatic hydroxyl groups is 1. The summed E-state index contributed by atoms with van der Waals surface area (Å²) in [5, 5.41) is 15.7. The molecular weight excluding hydrogens is 480 g/mol. The fraction of sp³-hybridized carbons (Fsp3) is 0.630. The van der Waals surface area contributed by atoms with Crippen LogP contribution < -0.4 is 10.6 Å². The number of hydrogen-bond donors (Lipinski definition) is 3. The molecule has 0 saturated carbocycles. The van der Waals surface area contributed by atoms with Crippen LogP contribution in [0.4, 0.5) is 5.69 Å². The van der Waals surface area contributed by atoms with E-state index in [2.05, 4.69) is 17.6 Å². The van der Waals surface area contributed by atoms with E-state index in [0.717, 1.165) is 19.3 Å². The minimum absolute atomic E-state index is 0.0636. The first-order valence-electron chi connectivity index (χ1n) is 13.1. The van der Waals surface area contributed by atoms with Gasteiger partial charge in [0.15, 0.2) is 17.9 Å². The molecule has 0 radical (unpaired) electrons. The lowest BCUT2D eigenvalue weighted by atomic mass is 9.92. The highest BCUT2D eigenvalue weighted by Crippen LogP contribution is 2.29. The van der Waals surface area contributed by atoms with Crippen LogP contribution in [0.1, 0.15) is 83.0 Å². The first kappa shape index (κ1) is 29.9. The van der Waals surface area contributed by atoms with Crippen molar-refractivity contribution >= 4 is 29.5 Å². The smallest absolute Gasteiger partial charge is 0.332 e. The summed E-state index contributed by atoms with van der Waals surface area (Å²) >= 11 is 0. The van der Waals surface area contributed by atoms with Gasteiger partial charge in [-0.05, 0) is 38.8 Å². The molecule has 5 atom stereocenters. The highest BCUT2D eigenvalue weighted by molar-refractivity contribution is 6.00. The predicted octanol–water partition coefficient (Wildman–Crippen LogP) is 3.71. The second kappa shape index (κ2) is 14.4. The molecule has 10 nitrogen and oxygen atoms in total. The number of cyclic esters (lactones) is 2. The second-order valence-corrected chi connectivity index (χ2v) is 9.35.